The molecule has 0 radical (unpaired) electrons. The lowest BCUT2D eigenvalue weighted by molar-refractivity contribution is -0.137. The molecule has 0 aliphatic heterocycles. The maximum atomic E-state index is 12.2. The first-order valence-corrected chi connectivity index (χ1v) is 4.75. The molecule has 84 valence electrons. The molecule has 0 amide bonds. The van der Waals surface area contributed by atoms with Crippen LogP contribution in [0.25, 0.3) is 0 Å². The molecule has 1 atom stereocenters. The Morgan fingerprint density at radius 3 is 1.87 bits per heavy atom. The first-order chi connectivity index (χ1) is 6.82. The van der Waals surface area contributed by atoms with Crippen LogP contribution in [0.4, 0.5) is 13.2 Å². The van der Waals surface area contributed by atoms with Crippen LogP contribution < -0.4 is 5.73 Å². The van der Waals surface area contributed by atoms with Crippen molar-refractivity contribution < 1.29 is 13.2 Å². The Hall–Kier alpha value is -1.03. The lowest BCUT2D eigenvalue weighted by atomic mass is 9.96. The second-order valence-corrected chi connectivity index (χ2v) is 3.89. The van der Waals surface area contributed by atoms with Crippen molar-refractivity contribution in [3.05, 3.63) is 35.4 Å². The Morgan fingerprint density at radius 1 is 1.07 bits per heavy atom. The molecule has 1 aromatic carbocycles. The highest BCUT2D eigenvalue weighted by Gasteiger charge is 2.30. The van der Waals surface area contributed by atoms with Crippen molar-refractivity contribution in [2.75, 3.05) is 0 Å². The number of hydrogen-bond acceptors (Lipinski definition) is 1. The van der Waals surface area contributed by atoms with Crippen LogP contribution in [-0.2, 0) is 6.18 Å². The van der Waals surface area contributed by atoms with Crippen molar-refractivity contribution in [1.82, 2.24) is 0 Å². The number of nitrogens with two attached hydrogens (primary N) is 1. The van der Waals surface area contributed by atoms with Crippen LogP contribution in [0.2, 0.25) is 0 Å². The number of benzene rings is 1. The van der Waals surface area contributed by atoms with E-state index < -0.39 is 11.7 Å². The summed E-state index contributed by atoms with van der Waals surface area (Å²) in [6.45, 7) is 3.87. The molecular formula is C11H14F3N. The zero-order valence-corrected chi connectivity index (χ0v) is 8.68. The van der Waals surface area contributed by atoms with E-state index in [-0.39, 0.29) is 12.0 Å². The zero-order valence-electron chi connectivity index (χ0n) is 8.68. The van der Waals surface area contributed by atoms with Crippen molar-refractivity contribution in [2.45, 2.75) is 26.1 Å². The number of alkyl halides is 3. The minimum atomic E-state index is -4.28. The van der Waals surface area contributed by atoms with Crippen LogP contribution in [-0.4, -0.2) is 0 Å². The van der Waals surface area contributed by atoms with Gasteiger partial charge in [0.15, 0.2) is 0 Å². The Bertz CT molecular complexity index is 314. The predicted molar refractivity (Wildman–Crippen MR) is 53.2 cm³/mol. The summed E-state index contributed by atoms with van der Waals surface area (Å²) in [6.07, 6.45) is -4.28. The molecular weight excluding hydrogens is 203 g/mol. The topological polar surface area (TPSA) is 26.0 Å². The van der Waals surface area contributed by atoms with Crippen molar-refractivity contribution in [2.24, 2.45) is 11.7 Å². The summed E-state index contributed by atoms with van der Waals surface area (Å²) in [6, 6.07) is 4.79. The van der Waals surface area contributed by atoms with E-state index in [0.717, 1.165) is 17.7 Å². The van der Waals surface area contributed by atoms with E-state index in [0.29, 0.717) is 0 Å². The molecule has 0 aromatic heterocycles. The van der Waals surface area contributed by atoms with E-state index in [1.54, 1.807) is 0 Å². The largest absolute Gasteiger partial charge is 0.416 e. The summed E-state index contributed by atoms with van der Waals surface area (Å²) in [5, 5.41) is 0. The molecule has 0 spiro atoms. The maximum absolute atomic E-state index is 12.2. The average molecular weight is 217 g/mol. The molecule has 0 heterocycles. The zero-order chi connectivity index (χ0) is 11.6. The summed E-state index contributed by atoms with van der Waals surface area (Å²) < 4.78 is 36.7. The standard InChI is InChI=1S/C11H14F3N/c1-7(2)10(15)8-3-5-9(6-4-8)11(12,13)14/h3-7,10H,15H2,1-2H3/t10-/m1/s1. The van der Waals surface area contributed by atoms with E-state index in [2.05, 4.69) is 0 Å². The number of rotatable bonds is 2. The van der Waals surface area contributed by atoms with Crippen LogP contribution in [0, 0.1) is 5.92 Å². The fraction of sp³-hybridized carbons (Fsp3) is 0.455. The third kappa shape index (κ3) is 2.96. The summed E-state index contributed by atoms with van der Waals surface area (Å²) in [5.74, 6) is 0.210. The third-order valence-electron chi connectivity index (χ3n) is 2.34. The monoisotopic (exact) mass is 217 g/mol. The summed E-state index contributed by atoms with van der Waals surface area (Å²) >= 11 is 0. The van der Waals surface area contributed by atoms with Gasteiger partial charge < -0.3 is 5.73 Å². The maximum Gasteiger partial charge on any atom is 0.416 e. The third-order valence-corrected chi connectivity index (χ3v) is 2.34. The second-order valence-electron chi connectivity index (χ2n) is 3.89. The van der Waals surface area contributed by atoms with E-state index in [4.69, 9.17) is 5.73 Å². The Kier molecular flexibility index (Phi) is 3.39. The summed E-state index contributed by atoms with van der Waals surface area (Å²) in [7, 11) is 0. The van der Waals surface area contributed by atoms with Crippen molar-refractivity contribution in [1.29, 1.82) is 0 Å². The lowest BCUT2D eigenvalue weighted by Crippen LogP contribution is -2.17. The molecule has 0 unspecified atom stereocenters. The van der Waals surface area contributed by atoms with E-state index in [9.17, 15) is 13.2 Å². The van der Waals surface area contributed by atoms with Crippen molar-refractivity contribution in [3.63, 3.8) is 0 Å². The van der Waals surface area contributed by atoms with Gasteiger partial charge in [-0.2, -0.15) is 13.2 Å². The first-order valence-electron chi connectivity index (χ1n) is 4.75. The predicted octanol–water partition coefficient (Wildman–Crippen LogP) is 3.36. The van der Waals surface area contributed by atoms with Gasteiger partial charge in [-0.05, 0) is 23.6 Å². The molecule has 1 aromatic rings. The molecule has 1 rings (SSSR count). The van der Waals surface area contributed by atoms with E-state index in [1.807, 2.05) is 13.8 Å². The van der Waals surface area contributed by atoms with Gasteiger partial charge in [0.25, 0.3) is 0 Å². The van der Waals surface area contributed by atoms with Gasteiger partial charge in [-0.3, -0.25) is 0 Å². The minimum Gasteiger partial charge on any atom is -0.324 e. The first kappa shape index (κ1) is 12.0. The van der Waals surface area contributed by atoms with Crippen LogP contribution in [0.15, 0.2) is 24.3 Å². The van der Waals surface area contributed by atoms with Crippen LogP contribution in [0.1, 0.15) is 31.0 Å². The Balaban J connectivity index is 2.91. The molecule has 4 heteroatoms. The van der Waals surface area contributed by atoms with E-state index in [1.165, 1.54) is 12.1 Å². The molecule has 1 nitrogen and oxygen atoms in total. The SMILES string of the molecule is CC(C)[C@@H](N)c1ccc(C(F)(F)F)cc1. The molecule has 15 heavy (non-hydrogen) atoms. The summed E-state index contributed by atoms with van der Waals surface area (Å²) in [5.41, 5.74) is 5.91. The van der Waals surface area contributed by atoms with Gasteiger partial charge in [-0.15, -0.1) is 0 Å². The lowest BCUT2D eigenvalue weighted by Gasteiger charge is -2.16. The minimum absolute atomic E-state index is 0.210. The molecule has 2 N–H and O–H groups in total. The molecule has 0 bridgehead atoms. The van der Waals surface area contributed by atoms with Gasteiger partial charge in [0, 0.05) is 6.04 Å². The van der Waals surface area contributed by atoms with Crippen molar-refractivity contribution >= 4 is 0 Å². The Labute approximate surface area is 87.1 Å². The highest BCUT2D eigenvalue weighted by Crippen LogP contribution is 2.30. The van der Waals surface area contributed by atoms with Gasteiger partial charge in [-0.25, -0.2) is 0 Å². The van der Waals surface area contributed by atoms with Crippen LogP contribution in [0.5, 0.6) is 0 Å². The quantitative estimate of drug-likeness (QED) is 0.807. The molecule has 0 fully saturated rings. The number of halogens is 3. The van der Waals surface area contributed by atoms with Crippen LogP contribution >= 0.6 is 0 Å². The molecule has 0 aliphatic carbocycles. The van der Waals surface area contributed by atoms with E-state index >= 15 is 0 Å². The average Bonchev–Trinajstić information content (AvgIpc) is 2.15. The molecule has 0 aliphatic rings. The highest BCUT2D eigenvalue weighted by molar-refractivity contribution is 5.26. The van der Waals surface area contributed by atoms with Gasteiger partial charge in [0.1, 0.15) is 0 Å². The fourth-order valence-electron chi connectivity index (χ4n) is 1.28. The normalized spacial score (nSPS) is 14.3. The summed E-state index contributed by atoms with van der Waals surface area (Å²) in [4.78, 5) is 0. The van der Waals surface area contributed by atoms with Gasteiger partial charge in [-0.1, -0.05) is 26.0 Å². The highest BCUT2D eigenvalue weighted by atomic mass is 19.4. The number of hydrogen-bond donors (Lipinski definition) is 1. The second kappa shape index (κ2) is 4.23. The van der Waals surface area contributed by atoms with Crippen molar-refractivity contribution in [3.8, 4) is 0 Å². The smallest absolute Gasteiger partial charge is 0.324 e. The molecule has 0 saturated heterocycles. The fourth-order valence-corrected chi connectivity index (χ4v) is 1.28. The molecule has 0 saturated carbocycles. The van der Waals surface area contributed by atoms with Gasteiger partial charge in [0.05, 0.1) is 5.56 Å². The van der Waals surface area contributed by atoms with Gasteiger partial charge >= 0.3 is 6.18 Å². The van der Waals surface area contributed by atoms with Crippen LogP contribution in [0.3, 0.4) is 0 Å². The van der Waals surface area contributed by atoms with Gasteiger partial charge in [0.2, 0.25) is 0 Å². The Morgan fingerprint density at radius 2 is 1.53 bits per heavy atom.